The van der Waals surface area contributed by atoms with Crippen molar-refractivity contribution in [3.8, 4) is 0 Å². The number of benzene rings is 1. The second-order valence-corrected chi connectivity index (χ2v) is 8.56. The predicted octanol–water partition coefficient (Wildman–Crippen LogP) is 2.88. The minimum Gasteiger partial charge on any atom is -0.365 e. The molecule has 0 saturated carbocycles. The lowest BCUT2D eigenvalue weighted by Crippen LogP contribution is -2.39. The van der Waals surface area contributed by atoms with Gasteiger partial charge in [0.1, 0.15) is 5.60 Å². The van der Waals surface area contributed by atoms with Crippen LogP contribution in [-0.4, -0.2) is 37.5 Å². The van der Waals surface area contributed by atoms with Crippen LogP contribution in [0.3, 0.4) is 0 Å². The molecule has 2 aliphatic rings. The van der Waals surface area contributed by atoms with Gasteiger partial charge in [-0.25, -0.2) is 8.42 Å². The van der Waals surface area contributed by atoms with Crippen LogP contribution in [0.2, 0.25) is 0 Å². The van der Waals surface area contributed by atoms with Crippen molar-refractivity contribution < 1.29 is 13.2 Å². The summed E-state index contributed by atoms with van der Waals surface area (Å²) in [5.74, 6) is 0. The molecular formula is C17H23NO3S. The second kappa shape index (κ2) is 5.48. The first kappa shape index (κ1) is 15.7. The van der Waals surface area contributed by atoms with Gasteiger partial charge in [-0.15, -0.1) is 0 Å². The molecule has 0 aromatic heterocycles. The van der Waals surface area contributed by atoms with Gasteiger partial charge in [-0.1, -0.05) is 29.3 Å². The maximum absolute atomic E-state index is 12.9. The van der Waals surface area contributed by atoms with Crippen LogP contribution in [0.15, 0.2) is 40.8 Å². The minimum atomic E-state index is -3.49. The Kier molecular flexibility index (Phi) is 3.91. The third-order valence-electron chi connectivity index (χ3n) is 4.63. The topological polar surface area (TPSA) is 49.9 Å². The number of allylic oxidation sites excluding steroid dienone is 1. The standard InChI is InChI=1S/C17H23NO3S/c1-13-4-7-15(8-5-13)22(19,20)18-11-10-14(2)6-9-16-17(3,12-18)21-16/h4-5,7-8,10,16H,6,9,11-12H2,1-3H3/b14-10-/t16-,17-/m1/s1. The van der Waals surface area contributed by atoms with Crippen LogP contribution in [0.25, 0.3) is 0 Å². The Morgan fingerprint density at radius 1 is 1.23 bits per heavy atom. The summed E-state index contributed by atoms with van der Waals surface area (Å²) in [5.41, 5.74) is 1.94. The van der Waals surface area contributed by atoms with Gasteiger partial charge < -0.3 is 4.74 Å². The fourth-order valence-corrected chi connectivity index (χ4v) is 4.45. The molecule has 2 heterocycles. The van der Waals surface area contributed by atoms with Gasteiger partial charge in [0.2, 0.25) is 10.0 Å². The molecule has 0 amide bonds. The van der Waals surface area contributed by atoms with E-state index in [9.17, 15) is 8.42 Å². The van der Waals surface area contributed by atoms with E-state index in [4.69, 9.17) is 4.74 Å². The van der Waals surface area contributed by atoms with Crippen LogP contribution >= 0.6 is 0 Å². The highest BCUT2D eigenvalue weighted by Crippen LogP contribution is 2.42. The van der Waals surface area contributed by atoms with Crippen molar-refractivity contribution in [1.29, 1.82) is 0 Å². The molecule has 120 valence electrons. The highest BCUT2D eigenvalue weighted by Gasteiger charge is 2.53. The van der Waals surface area contributed by atoms with Crippen molar-refractivity contribution in [3.63, 3.8) is 0 Å². The number of rotatable bonds is 2. The average molecular weight is 321 g/mol. The van der Waals surface area contributed by atoms with Gasteiger partial charge in [0, 0.05) is 13.1 Å². The largest absolute Gasteiger partial charge is 0.365 e. The van der Waals surface area contributed by atoms with E-state index in [1.54, 1.807) is 16.4 Å². The van der Waals surface area contributed by atoms with Crippen molar-refractivity contribution in [1.82, 2.24) is 4.31 Å². The molecule has 5 heteroatoms. The third kappa shape index (κ3) is 2.98. The summed E-state index contributed by atoms with van der Waals surface area (Å²) >= 11 is 0. The smallest absolute Gasteiger partial charge is 0.243 e. The summed E-state index contributed by atoms with van der Waals surface area (Å²) in [6, 6.07) is 7.04. The molecule has 0 radical (unpaired) electrons. The fourth-order valence-electron chi connectivity index (χ4n) is 2.97. The average Bonchev–Trinajstić information content (AvgIpc) is 3.10. The molecule has 1 saturated heterocycles. The number of aryl methyl sites for hydroxylation is 1. The van der Waals surface area contributed by atoms with Crippen LogP contribution in [0.5, 0.6) is 0 Å². The van der Waals surface area contributed by atoms with Crippen molar-refractivity contribution in [2.24, 2.45) is 0 Å². The Balaban J connectivity index is 1.92. The number of nitrogens with zero attached hydrogens (tertiary/aromatic N) is 1. The number of hydrogen-bond donors (Lipinski definition) is 0. The van der Waals surface area contributed by atoms with E-state index in [0.29, 0.717) is 18.0 Å². The Labute approximate surface area is 132 Å². The van der Waals surface area contributed by atoms with Crippen molar-refractivity contribution >= 4 is 10.0 Å². The zero-order valence-electron chi connectivity index (χ0n) is 13.4. The second-order valence-electron chi connectivity index (χ2n) is 6.62. The quantitative estimate of drug-likeness (QED) is 0.622. The highest BCUT2D eigenvalue weighted by atomic mass is 32.2. The fraction of sp³-hybridized carbons (Fsp3) is 0.529. The summed E-state index contributed by atoms with van der Waals surface area (Å²) in [6.07, 6.45) is 4.14. The first-order valence-corrected chi connectivity index (χ1v) is 9.15. The first-order valence-electron chi connectivity index (χ1n) is 7.71. The Bertz CT molecular complexity index is 693. The molecule has 4 nitrogen and oxygen atoms in total. The van der Waals surface area contributed by atoms with Crippen LogP contribution in [0.1, 0.15) is 32.3 Å². The van der Waals surface area contributed by atoms with E-state index in [1.807, 2.05) is 32.1 Å². The molecule has 1 aromatic rings. The van der Waals surface area contributed by atoms with Crippen molar-refractivity contribution in [2.75, 3.05) is 13.1 Å². The van der Waals surface area contributed by atoms with Crippen LogP contribution in [-0.2, 0) is 14.8 Å². The van der Waals surface area contributed by atoms with Crippen molar-refractivity contribution in [2.45, 2.75) is 50.2 Å². The molecule has 2 aliphatic heterocycles. The van der Waals surface area contributed by atoms with Crippen LogP contribution < -0.4 is 0 Å². The molecule has 0 unspecified atom stereocenters. The maximum atomic E-state index is 12.9. The molecule has 0 bridgehead atoms. The lowest BCUT2D eigenvalue weighted by molar-refractivity contribution is 0.264. The Hall–Kier alpha value is -1.17. The monoisotopic (exact) mass is 321 g/mol. The minimum absolute atomic E-state index is 0.171. The lowest BCUT2D eigenvalue weighted by Gasteiger charge is -2.23. The van der Waals surface area contributed by atoms with Crippen LogP contribution in [0.4, 0.5) is 0 Å². The summed E-state index contributed by atoms with van der Waals surface area (Å²) in [5, 5.41) is 0. The zero-order valence-corrected chi connectivity index (χ0v) is 14.2. The van der Waals surface area contributed by atoms with E-state index >= 15 is 0 Å². The molecule has 0 aliphatic carbocycles. The molecule has 0 N–H and O–H groups in total. The van der Waals surface area contributed by atoms with Gasteiger partial charge in [0.05, 0.1) is 11.0 Å². The van der Waals surface area contributed by atoms with E-state index in [2.05, 4.69) is 6.92 Å². The van der Waals surface area contributed by atoms with E-state index in [1.165, 1.54) is 5.57 Å². The molecule has 22 heavy (non-hydrogen) atoms. The molecule has 3 rings (SSSR count). The van der Waals surface area contributed by atoms with E-state index in [0.717, 1.165) is 18.4 Å². The Morgan fingerprint density at radius 3 is 2.59 bits per heavy atom. The number of hydrogen-bond acceptors (Lipinski definition) is 3. The van der Waals surface area contributed by atoms with Gasteiger partial charge >= 0.3 is 0 Å². The zero-order chi connectivity index (χ0) is 16.0. The van der Waals surface area contributed by atoms with Gasteiger partial charge in [0.15, 0.2) is 0 Å². The number of fused-ring (bicyclic) bond motifs is 1. The number of sulfonamides is 1. The SMILES string of the molecule is C/C1=C/CN(S(=O)(=O)c2ccc(C)cc2)C[C@@]2(C)O[C@@H]2CC1. The maximum Gasteiger partial charge on any atom is 0.243 e. The van der Waals surface area contributed by atoms with E-state index < -0.39 is 10.0 Å². The predicted molar refractivity (Wildman–Crippen MR) is 86.2 cm³/mol. The molecule has 2 atom stereocenters. The molecular weight excluding hydrogens is 298 g/mol. The summed E-state index contributed by atoms with van der Waals surface area (Å²) in [4.78, 5) is 0.351. The van der Waals surface area contributed by atoms with E-state index in [-0.39, 0.29) is 11.7 Å². The normalized spacial score (nSPS) is 32.1. The number of ether oxygens (including phenoxy) is 1. The number of epoxide rings is 1. The Morgan fingerprint density at radius 2 is 1.91 bits per heavy atom. The first-order chi connectivity index (χ1) is 10.3. The molecule has 0 spiro atoms. The van der Waals surface area contributed by atoms with Gasteiger partial charge in [-0.3, -0.25) is 0 Å². The lowest BCUT2D eigenvalue weighted by atomic mass is 10.0. The summed E-state index contributed by atoms with van der Waals surface area (Å²) in [7, 11) is -3.49. The molecule has 1 fully saturated rings. The van der Waals surface area contributed by atoms with Crippen LogP contribution in [0, 0.1) is 6.92 Å². The van der Waals surface area contributed by atoms with Gasteiger partial charge in [0.25, 0.3) is 0 Å². The highest BCUT2D eigenvalue weighted by molar-refractivity contribution is 7.89. The third-order valence-corrected chi connectivity index (χ3v) is 6.45. The molecule has 1 aromatic carbocycles. The summed E-state index contributed by atoms with van der Waals surface area (Å²) < 4.78 is 33.2. The van der Waals surface area contributed by atoms with Gasteiger partial charge in [-0.2, -0.15) is 4.31 Å². The van der Waals surface area contributed by atoms with Gasteiger partial charge in [-0.05, 0) is 45.7 Å². The van der Waals surface area contributed by atoms with Crippen molar-refractivity contribution in [3.05, 3.63) is 41.5 Å². The summed E-state index contributed by atoms with van der Waals surface area (Å²) in [6.45, 7) is 6.84.